The maximum Gasteiger partial charge on any atom is 0.311 e. The van der Waals surface area contributed by atoms with Gasteiger partial charge in [0.15, 0.2) is 11.5 Å². The van der Waals surface area contributed by atoms with E-state index in [1.807, 2.05) is 13.0 Å². The van der Waals surface area contributed by atoms with Crippen LogP contribution in [0.25, 0.3) is 0 Å². The molecule has 0 heterocycles. The van der Waals surface area contributed by atoms with E-state index in [0.29, 0.717) is 12.2 Å². The first-order chi connectivity index (χ1) is 8.10. The van der Waals surface area contributed by atoms with Crippen LogP contribution >= 0.6 is 0 Å². The lowest BCUT2D eigenvalue weighted by atomic mass is 10.0. The van der Waals surface area contributed by atoms with Crippen molar-refractivity contribution < 1.29 is 14.6 Å². The number of hydrogen-bond acceptors (Lipinski definition) is 3. The molecule has 0 aliphatic rings. The summed E-state index contributed by atoms with van der Waals surface area (Å²) in [6, 6.07) is 3.42. The molecule has 0 aliphatic heterocycles. The van der Waals surface area contributed by atoms with Gasteiger partial charge in [-0.05, 0) is 31.4 Å². The number of phenols is 1. The molecule has 0 bridgehead atoms. The van der Waals surface area contributed by atoms with Crippen LogP contribution in [0.4, 0.5) is 0 Å². The first-order valence-electron chi connectivity index (χ1n) is 6.12. The Morgan fingerprint density at radius 2 is 2.06 bits per heavy atom. The van der Waals surface area contributed by atoms with Crippen LogP contribution in [0.15, 0.2) is 12.1 Å². The summed E-state index contributed by atoms with van der Waals surface area (Å²) in [7, 11) is 0. The largest absolute Gasteiger partial charge is 0.504 e. The van der Waals surface area contributed by atoms with Crippen LogP contribution in [0.3, 0.4) is 0 Å². The molecule has 0 aliphatic carbocycles. The average Bonchev–Trinajstić information content (AvgIpc) is 2.33. The molecule has 0 aromatic heterocycles. The predicted molar refractivity (Wildman–Crippen MR) is 67.4 cm³/mol. The fraction of sp³-hybridized carbons (Fsp3) is 0.500. The van der Waals surface area contributed by atoms with Crippen molar-refractivity contribution in [3.8, 4) is 11.5 Å². The molecule has 1 rings (SSSR count). The summed E-state index contributed by atoms with van der Waals surface area (Å²) in [5.41, 5.74) is 1.99. The monoisotopic (exact) mass is 236 g/mol. The van der Waals surface area contributed by atoms with Crippen molar-refractivity contribution >= 4 is 5.97 Å². The number of carbonyl (C=O) groups is 1. The summed E-state index contributed by atoms with van der Waals surface area (Å²) in [5.74, 6) is 0.0671. The maximum absolute atomic E-state index is 11.3. The number of aromatic hydroxyl groups is 1. The number of rotatable bonds is 5. The van der Waals surface area contributed by atoms with Gasteiger partial charge in [0.05, 0.1) is 0 Å². The van der Waals surface area contributed by atoms with Gasteiger partial charge in [-0.25, -0.2) is 0 Å². The molecular weight excluding hydrogens is 216 g/mol. The van der Waals surface area contributed by atoms with E-state index in [-0.39, 0.29) is 11.7 Å². The van der Waals surface area contributed by atoms with Gasteiger partial charge in [0.2, 0.25) is 0 Å². The minimum atomic E-state index is -0.316. The van der Waals surface area contributed by atoms with Crippen LogP contribution < -0.4 is 4.74 Å². The standard InChI is InChI=1S/C14H20O3/c1-4-6-7-11-10(3)8-9-12(15)14(11)17-13(16)5-2/h8-9,15H,4-7H2,1-3H3. The summed E-state index contributed by atoms with van der Waals surface area (Å²) in [6.07, 6.45) is 3.21. The molecule has 0 amide bonds. The molecule has 3 heteroatoms. The second-order valence-electron chi connectivity index (χ2n) is 4.14. The zero-order valence-corrected chi connectivity index (χ0v) is 10.7. The van der Waals surface area contributed by atoms with Crippen molar-refractivity contribution in [3.05, 3.63) is 23.3 Å². The van der Waals surface area contributed by atoms with Gasteiger partial charge in [0.1, 0.15) is 0 Å². The van der Waals surface area contributed by atoms with E-state index >= 15 is 0 Å². The molecule has 0 saturated heterocycles. The third kappa shape index (κ3) is 3.48. The zero-order chi connectivity index (χ0) is 12.8. The number of ether oxygens (including phenoxy) is 1. The Kier molecular flexibility index (Phi) is 5.01. The van der Waals surface area contributed by atoms with Gasteiger partial charge < -0.3 is 9.84 Å². The molecule has 3 nitrogen and oxygen atoms in total. The Balaban J connectivity index is 3.05. The van der Waals surface area contributed by atoms with E-state index in [1.54, 1.807) is 13.0 Å². The Morgan fingerprint density at radius 1 is 1.35 bits per heavy atom. The quantitative estimate of drug-likeness (QED) is 0.630. The molecule has 0 atom stereocenters. The Hall–Kier alpha value is -1.51. The highest BCUT2D eigenvalue weighted by Gasteiger charge is 2.14. The molecule has 1 aromatic rings. The van der Waals surface area contributed by atoms with Crippen LogP contribution in [0, 0.1) is 6.92 Å². The molecule has 1 N–H and O–H groups in total. The Morgan fingerprint density at radius 3 is 2.65 bits per heavy atom. The summed E-state index contributed by atoms with van der Waals surface area (Å²) in [4.78, 5) is 11.3. The molecule has 0 spiro atoms. The topological polar surface area (TPSA) is 46.5 Å². The SMILES string of the molecule is CCCCc1c(C)ccc(O)c1OC(=O)CC. The lowest BCUT2D eigenvalue weighted by Gasteiger charge is -2.13. The molecule has 0 radical (unpaired) electrons. The fourth-order valence-corrected chi connectivity index (χ4v) is 1.68. The first kappa shape index (κ1) is 13.6. The van der Waals surface area contributed by atoms with Gasteiger partial charge in [-0.1, -0.05) is 26.3 Å². The van der Waals surface area contributed by atoms with Gasteiger partial charge >= 0.3 is 5.97 Å². The first-order valence-corrected chi connectivity index (χ1v) is 6.12. The van der Waals surface area contributed by atoms with Crippen LogP contribution in [0.1, 0.15) is 44.2 Å². The summed E-state index contributed by atoms with van der Waals surface area (Å²) < 4.78 is 5.21. The van der Waals surface area contributed by atoms with E-state index in [9.17, 15) is 9.90 Å². The molecule has 0 fully saturated rings. The van der Waals surface area contributed by atoms with Crippen molar-refractivity contribution in [2.24, 2.45) is 0 Å². The Labute approximate surface area is 102 Å². The van der Waals surface area contributed by atoms with Gasteiger partial charge in [-0.15, -0.1) is 0 Å². The van der Waals surface area contributed by atoms with Gasteiger partial charge in [0, 0.05) is 12.0 Å². The molecule has 94 valence electrons. The second-order valence-corrected chi connectivity index (χ2v) is 4.14. The van der Waals surface area contributed by atoms with Crippen LogP contribution in [-0.4, -0.2) is 11.1 Å². The van der Waals surface area contributed by atoms with E-state index in [4.69, 9.17) is 4.74 Å². The summed E-state index contributed by atoms with van der Waals surface area (Å²) >= 11 is 0. The van der Waals surface area contributed by atoms with E-state index in [2.05, 4.69) is 6.92 Å². The van der Waals surface area contributed by atoms with Crippen molar-refractivity contribution in [1.29, 1.82) is 0 Å². The fourth-order valence-electron chi connectivity index (χ4n) is 1.68. The highest BCUT2D eigenvalue weighted by atomic mass is 16.5. The summed E-state index contributed by atoms with van der Waals surface area (Å²) in [5, 5.41) is 9.78. The van der Waals surface area contributed by atoms with Crippen LogP contribution in [-0.2, 0) is 11.2 Å². The normalized spacial score (nSPS) is 10.3. The predicted octanol–water partition coefficient (Wildman–Crippen LogP) is 3.36. The van der Waals surface area contributed by atoms with E-state index in [0.717, 1.165) is 30.4 Å². The third-order valence-electron chi connectivity index (χ3n) is 2.76. The minimum Gasteiger partial charge on any atom is -0.504 e. The molecular formula is C14H20O3. The van der Waals surface area contributed by atoms with Crippen molar-refractivity contribution in [1.82, 2.24) is 0 Å². The number of unbranched alkanes of at least 4 members (excludes halogenated alkanes) is 1. The van der Waals surface area contributed by atoms with Crippen molar-refractivity contribution in [2.75, 3.05) is 0 Å². The van der Waals surface area contributed by atoms with Crippen LogP contribution in [0.2, 0.25) is 0 Å². The molecule has 0 saturated carbocycles. The number of benzene rings is 1. The van der Waals surface area contributed by atoms with Gasteiger partial charge in [-0.3, -0.25) is 4.79 Å². The third-order valence-corrected chi connectivity index (χ3v) is 2.76. The minimum absolute atomic E-state index is 0.0449. The van der Waals surface area contributed by atoms with E-state index in [1.165, 1.54) is 0 Å². The molecule has 1 aromatic carbocycles. The number of esters is 1. The van der Waals surface area contributed by atoms with Crippen LogP contribution in [0.5, 0.6) is 11.5 Å². The lowest BCUT2D eigenvalue weighted by Crippen LogP contribution is -2.08. The molecule has 0 unspecified atom stereocenters. The Bertz CT molecular complexity index is 397. The van der Waals surface area contributed by atoms with Crippen molar-refractivity contribution in [2.45, 2.75) is 46.5 Å². The summed E-state index contributed by atoms with van der Waals surface area (Å²) in [6.45, 7) is 5.81. The number of phenolic OH excluding ortho intramolecular Hbond substituents is 1. The highest BCUT2D eigenvalue weighted by molar-refractivity contribution is 5.73. The zero-order valence-electron chi connectivity index (χ0n) is 10.7. The van der Waals surface area contributed by atoms with Gasteiger partial charge in [0.25, 0.3) is 0 Å². The van der Waals surface area contributed by atoms with E-state index < -0.39 is 0 Å². The smallest absolute Gasteiger partial charge is 0.311 e. The maximum atomic E-state index is 11.3. The number of aryl methyl sites for hydroxylation is 1. The van der Waals surface area contributed by atoms with Gasteiger partial charge in [-0.2, -0.15) is 0 Å². The second kappa shape index (κ2) is 6.28. The highest BCUT2D eigenvalue weighted by Crippen LogP contribution is 2.34. The van der Waals surface area contributed by atoms with Crippen molar-refractivity contribution in [3.63, 3.8) is 0 Å². The molecule has 17 heavy (non-hydrogen) atoms. The lowest BCUT2D eigenvalue weighted by molar-refractivity contribution is -0.134. The average molecular weight is 236 g/mol. The number of carbonyl (C=O) groups excluding carboxylic acids is 1. The number of hydrogen-bond donors (Lipinski definition) is 1.